The number of phenols is 1. The molecule has 4 amide bonds. The van der Waals surface area contributed by atoms with Crippen LogP contribution in [0.1, 0.15) is 37.2 Å². The number of rotatable bonds is 7. The maximum absolute atomic E-state index is 15.2. The van der Waals surface area contributed by atoms with Gasteiger partial charge in [-0.2, -0.15) is 0 Å². The fourth-order valence-corrected chi connectivity index (χ4v) is 8.68. The molecule has 4 aliphatic rings. The Balaban J connectivity index is 1.56. The van der Waals surface area contributed by atoms with Crippen molar-refractivity contribution in [2.24, 2.45) is 17.8 Å². The van der Waals surface area contributed by atoms with Crippen molar-refractivity contribution in [2.45, 2.75) is 41.3 Å². The molecular weight excluding hydrogens is 730 g/mol. The van der Waals surface area contributed by atoms with Gasteiger partial charge in [0.2, 0.25) is 17.6 Å². The second-order valence-corrected chi connectivity index (χ2v) is 13.7. The summed E-state index contributed by atoms with van der Waals surface area (Å²) in [6, 6.07) is 2.29. The van der Waals surface area contributed by atoms with Crippen LogP contribution in [0.25, 0.3) is 0 Å². The zero-order chi connectivity index (χ0) is 36.1. The van der Waals surface area contributed by atoms with Crippen molar-refractivity contribution >= 4 is 70.1 Å². The summed E-state index contributed by atoms with van der Waals surface area (Å²) >= 11 is 20.4. The van der Waals surface area contributed by atoms with Crippen molar-refractivity contribution in [2.75, 3.05) is 18.6 Å². The van der Waals surface area contributed by atoms with E-state index in [9.17, 15) is 42.3 Å². The van der Waals surface area contributed by atoms with E-state index >= 15 is 8.78 Å². The molecular formula is C31H22Cl3F5N2O8. The number of phenolic OH excluding ortho intramolecular Hbond substituents is 1. The number of imide groups is 2. The molecule has 10 nitrogen and oxygen atoms in total. The Morgan fingerprint density at radius 3 is 2.16 bits per heavy atom. The Hall–Kier alpha value is -3.95. The molecule has 260 valence electrons. The van der Waals surface area contributed by atoms with Crippen LogP contribution in [0.3, 0.4) is 0 Å². The largest absolute Gasteiger partial charge is 0.503 e. The second kappa shape index (κ2) is 11.8. The molecule has 2 saturated heterocycles. The van der Waals surface area contributed by atoms with Gasteiger partial charge in [0.05, 0.1) is 24.0 Å². The van der Waals surface area contributed by atoms with Gasteiger partial charge < -0.3 is 14.9 Å². The summed E-state index contributed by atoms with van der Waals surface area (Å²) in [6.45, 7) is -0.246. The quantitative estimate of drug-likeness (QED) is 0.0986. The summed E-state index contributed by atoms with van der Waals surface area (Å²) in [5, 5.41) is 19.1. The molecule has 0 spiro atoms. The molecule has 2 N–H and O–H groups in total. The molecule has 2 aliphatic heterocycles. The number of aromatic hydroxyl groups is 1. The number of anilines is 1. The van der Waals surface area contributed by atoms with E-state index in [0.29, 0.717) is 0 Å². The number of alkyl halides is 2. The molecule has 0 bridgehead atoms. The second-order valence-electron chi connectivity index (χ2n) is 12.1. The van der Waals surface area contributed by atoms with Crippen LogP contribution in [0.15, 0.2) is 23.8 Å². The third-order valence-corrected chi connectivity index (χ3v) is 11.4. The Morgan fingerprint density at radius 1 is 0.959 bits per heavy atom. The first-order valence-electron chi connectivity index (χ1n) is 14.6. The van der Waals surface area contributed by atoms with E-state index in [1.54, 1.807) is 0 Å². The molecule has 3 fully saturated rings. The van der Waals surface area contributed by atoms with Gasteiger partial charge in [0, 0.05) is 18.9 Å². The van der Waals surface area contributed by atoms with Gasteiger partial charge in [0.15, 0.2) is 44.5 Å². The minimum atomic E-state index is -2.79. The lowest BCUT2D eigenvalue weighted by atomic mass is 9.56. The Bertz CT molecular complexity index is 1900. The molecule has 0 aromatic heterocycles. The third-order valence-electron chi connectivity index (χ3n) is 9.69. The lowest BCUT2D eigenvalue weighted by Crippen LogP contribution is -2.60. The SMILES string of the molecule is COc1cc(C2C3=CCC4C(=O)N(CCCC(=O)O)C(=O)C4C3CC3(Cl)C(=O)N(c4c(F)c(F)c(F)c(F)c4F)C(=O)C23Cl)cc(Cl)c1O. The number of likely N-dealkylation sites (tertiary alicyclic amines) is 1. The average molecular weight is 752 g/mol. The molecule has 2 heterocycles. The highest BCUT2D eigenvalue weighted by molar-refractivity contribution is 6.58. The van der Waals surface area contributed by atoms with Gasteiger partial charge in [-0.25, -0.2) is 26.9 Å². The van der Waals surface area contributed by atoms with Crippen LogP contribution in [0.5, 0.6) is 11.5 Å². The molecule has 1 saturated carbocycles. The van der Waals surface area contributed by atoms with E-state index in [0.717, 1.165) is 18.1 Å². The van der Waals surface area contributed by atoms with Gasteiger partial charge in [0.25, 0.3) is 11.8 Å². The fraction of sp³-hybridized carbons (Fsp3) is 0.387. The number of carbonyl (C=O) groups is 5. The Kier molecular flexibility index (Phi) is 8.43. The normalized spacial score (nSPS) is 29.2. The summed E-state index contributed by atoms with van der Waals surface area (Å²) in [5.74, 6) is -24.3. The number of halogens is 8. The number of methoxy groups -OCH3 is 1. The highest BCUT2D eigenvalue weighted by Gasteiger charge is 2.77. The zero-order valence-electron chi connectivity index (χ0n) is 24.8. The smallest absolute Gasteiger partial charge is 0.303 e. The predicted molar refractivity (Wildman–Crippen MR) is 160 cm³/mol. The average Bonchev–Trinajstić information content (AvgIpc) is 3.38. The van der Waals surface area contributed by atoms with E-state index in [4.69, 9.17) is 44.6 Å². The summed E-state index contributed by atoms with van der Waals surface area (Å²) in [5.41, 5.74) is -1.83. The number of carbonyl (C=O) groups excluding carboxylic acids is 4. The molecule has 2 aromatic rings. The minimum Gasteiger partial charge on any atom is -0.503 e. The third kappa shape index (κ3) is 4.68. The van der Waals surface area contributed by atoms with Gasteiger partial charge >= 0.3 is 5.97 Å². The number of aliphatic carboxylic acids is 1. The molecule has 6 unspecified atom stereocenters. The maximum atomic E-state index is 15.2. The lowest BCUT2D eigenvalue weighted by Gasteiger charge is -2.50. The van der Waals surface area contributed by atoms with Gasteiger partial charge in [-0.3, -0.25) is 28.9 Å². The van der Waals surface area contributed by atoms with Crippen molar-refractivity contribution in [1.82, 2.24) is 4.90 Å². The van der Waals surface area contributed by atoms with Crippen LogP contribution < -0.4 is 9.64 Å². The first-order valence-corrected chi connectivity index (χ1v) is 15.7. The molecule has 6 rings (SSSR count). The van der Waals surface area contributed by atoms with Crippen molar-refractivity contribution < 1.29 is 60.9 Å². The lowest BCUT2D eigenvalue weighted by molar-refractivity contribution is -0.142. The first kappa shape index (κ1) is 34.9. The highest BCUT2D eigenvalue weighted by Crippen LogP contribution is 2.66. The number of ether oxygens (including phenoxy) is 1. The number of carboxylic acids is 1. The highest BCUT2D eigenvalue weighted by atomic mass is 35.5. The number of fused-ring (bicyclic) bond motifs is 4. The summed E-state index contributed by atoms with van der Waals surface area (Å²) in [6.07, 6.45) is 0.230. The van der Waals surface area contributed by atoms with Crippen molar-refractivity contribution in [1.29, 1.82) is 0 Å². The Labute approximate surface area is 287 Å². The molecule has 0 radical (unpaired) electrons. The van der Waals surface area contributed by atoms with E-state index in [-0.39, 0.29) is 52.6 Å². The number of benzene rings is 2. The molecule has 18 heteroatoms. The van der Waals surface area contributed by atoms with Crippen molar-refractivity contribution in [3.05, 3.63) is 63.5 Å². The molecule has 2 aromatic carbocycles. The molecule has 49 heavy (non-hydrogen) atoms. The van der Waals surface area contributed by atoms with E-state index in [2.05, 4.69) is 0 Å². The number of allylic oxidation sites excluding steroid dienone is 2. The van der Waals surface area contributed by atoms with Crippen LogP contribution in [0.4, 0.5) is 27.6 Å². The van der Waals surface area contributed by atoms with E-state index < -0.39 is 110 Å². The van der Waals surface area contributed by atoms with Gasteiger partial charge in [-0.15, -0.1) is 23.2 Å². The van der Waals surface area contributed by atoms with Gasteiger partial charge in [0.1, 0.15) is 5.69 Å². The van der Waals surface area contributed by atoms with Crippen LogP contribution in [0, 0.1) is 46.8 Å². The topological polar surface area (TPSA) is 142 Å². The van der Waals surface area contributed by atoms with Crippen molar-refractivity contribution in [3.63, 3.8) is 0 Å². The first-order chi connectivity index (χ1) is 22.9. The number of nitrogens with zero attached hydrogens (tertiary/aromatic N) is 2. The monoisotopic (exact) mass is 750 g/mol. The van der Waals surface area contributed by atoms with Crippen LogP contribution in [0.2, 0.25) is 5.02 Å². The summed E-state index contributed by atoms with van der Waals surface area (Å²) in [7, 11) is 1.16. The van der Waals surface area contributed by atoms with Gasteiger partial charge in [-0.1, -0.05) is 23.3 Å². The van der Waals surface area contributed by atoms with Crippen LogP contribution in [-0.4, -0.2) is 68.1 Å². The number of amides is 4. The predicted octanol–water partition coefficient (Wildman–Crippen LogP) is 5.18. The number of carboxylic acid groups (broad SMARTS) is 1. The Morgan fingerprint density at radius 2 is 1.57 bits per heavy atom. The number of hydrogen-bond donors (Lipinski definition) is 2. The minimum absolute atomic E-state index is 0.0652. The van der Waals surface area contributed by atoms with Crippen molar-refractivity contribution in [3.8, 4) is 11.5 Å². The van der Waals surface area contributed by atoms with Crippen LogP contribution in [-0.2, 0) is 24.0 Å². The maximum Gasteiger partial charge on any atom is 0.303 e. The zero-order valence-corrected chi connectivity index (χ0v) is 27.1. The van der Waals surface area contributed by atoms with Crippen LogP contribution >= 0.6 is 34.8 Å². The molecule has 6 atom stereocenters. The van der Waals surface area contributed by atoms with E-state index in [1.165, 1.54) is 12.1 Å². The fourth-order valence-electron chi connectivity index (χ4n) is 7.53. The number of hydrogen-bond acceptors (Lipinski definition) is 7. The summed E-state index contributed by atoms with van der Waals surface area (Å²) in [4.78, 5) is 61.8. The van der Waals surface area contributed by atoms with E-state index in [1.807, 2.05) is 0 Å². The van der Waals surface area contributed by atoms with Gasteiger partial charge in [-0.05, 0) is 42.9 Å². The molecule has 2 aliphatic carbocycles. The summed E-state index contributed by atoms with van der Waals surface area (Å²) < 4.78 is 78.2. The standard InChI is InChI=1S/C31H22Cl3F5N2O8/c1-49-15-8-10(7-14(32)25(15)44)18-11-4-5-12-17(27(46)40(26(12)45)6-2-3-16(42)43)13(11)9-30(33)28(47)41(29(48)31(18,30)34)24-22(38)20(36)19(35)21(37)23(24)39/h4,7-8,12-13,17-18,44H,2-3,5-6,9H2,1H3,(H,42,43).